The Labute approximate surface area is 132 Å². The van der Waals surface area contributed by atoms with Crippen molar-refractivity contribution in [3.05, 3.63) is 30.1 Å². The van der Waals surface area contributed by atoms with Crippen LogP contribution in [0.3, 0.4) is 0 Å². The molecule has 5 nitrogen and oxygen atoms in total. The normalized spacial score (nSPS) is 18.1. The topological polar surface area (TPSA) is 53.5 Å². The van der Waals surface area contributed by atoms with E-state index in [2.05, 4.69) is 4.98 Å². The number of aromatic nitrogens is 1. The molecule has 2 rings (SSSR count). The molecule has 126 valence electrons. The Hall–Kier alpha value is -2.12. The third kappa shape index (κ3) is 4.20. The van der Waals surface area contributed by atoms with Crippen LogP contribution in [0.4, 0.5) is 13.2 Å². The van der Waals surface area contributed by atoms with E-state index in [-0.39, 0.29) is 13.0 Å². The maximum atomic E-state index is 12.6. The van der Waals surface area contributed by atoms with Crippen LogP contribution >= 0.6 is 0 Å². The van der Waals surface area contributed by atoms with E-state index in [0.717, 1.165) is 5.56 Å². The number of amides is 2. The average molecular weight is 329 g/mol. The van der Waals surface area contributed by atoms with Crippen molar-refractivity contribution in [1.29, 1.82) is 0 Å². The van der Waals surface area contributed by atoms with Crippen LogP contribution in [0.5, 0.6) is 0 Å². The molecule has 0 saturated carbocycles. The molecule has 8 heteroatoms. The van der Waals surface area contributed by atoms with Gasteiger partial charge in [-0.25, -0.2) is 0 Å². The molecular formula is C15H18F3N3O2. The van der Waals surface area contributed by atoms with E-state index in [4.69, 9.17) is 0 Å². The number of carbonyl (C=O) groups excluding carboxylic acids is 2. The van der Waals surface area contributed by atoms with Gasteiger partial charge in [-0.3, -0.25) is 14.6 Å². The van der Waals surface area contributed by atoms with Crippen LogP contribution in [0.15, 0.2) is 24.5 Å². The first-order chi connectivity index (χ1) is 10.8. The molecule has 1 unspecified atom stereocenters. The fourth-order valence-corrected chi connectivity index (χ4v) is 2.64. The van der Waals surface area contributed by atoms with Gasteiger partial charge in [-0.05, 0) is 37.0 Å². The molecule has 2 heterocycles. The first kappa shape index (κ1) is 17.2. The molecule has 1 aliphatic rings. The van der Waals surface area contributed by atoms with Gasteiger partial charge in [-0.15, -0.1) is 0 Å². The van der Waals surface area contributed by atoms with Gasteiger partial charge in [0, 0.05) is 32.5 Å². The Bertz CT molecular complexity index is 563. The zero-order chi connectivity index (χ0) is 17.0. The van der Waals surface area contributed by atoms with Crippen LogP contribution in [0, 0.1) is 0 Å². The van der Waals surface area contributed by atoms with Crippen LogP contribution in [0.1, 0.15) is 18.4 Å². The summed E-state index contributed by atoms with van der Waals surface area (Å²) >= 11 is 0. The second kappa shape index (κ2) is 6.97. The Morgan fingerprint density at radius 2 is 2.00 bits per heavy atom. The number of likely N-dealkylation sites (tertiary alicyclic amines) is 1. The highest BCUT2D eigenvalue weighted by molar-refractivity contribution is 5.90. The maximum Gasteiger partial charge on any atom is 0.471 e. The van der Waals surface area contributed by atoms with Gasteiger partial charge in [0.15, 0.2) is 0 Å². The fourth-order valence-electron chi connectivity index (χ4n) is 2.64. The predicted octanol–water partition coefficient (Wildman–Crippen LogP) is 1.64. The number of pyridine rings is 1. The van der Waals surface area contributed by atoms with Crippen molar-refractivity contribution in [1.82, 2.24) is 14.8 Å². The monoisotopic (exact) mass is 329 g/mol. The highest BCUT2D eigenvalue weighted by Crippen LogP contribution is 2.26. The largest absolute Gasteiger partial charge is 0.471 e. The molecule has 1 fully saturated rings. The molecule has 0 N–H and O–H groups in total. The van der Waals surface area contributed by atoms with E-state index < -0.39 is 24.0 Å². The standard InChI is InChI=1S/C15H18F3N3O2/c1-20(10-6-11-4-7-19-8-5-11)13(22)12-3-2-9-21(12)14(23)15(16,17)18/h4-5,7-8,12H,2-3,6,9-10H2,1H3. The summed E-state index contributed by atoms with van der Waals surface area (Å²) in [5, 5.41) is 0. The lowest BCUT2D eigenvalue weighted by atomic mass is 10.1. The molecule has 0 aliphatic carbocycles. The van der Waals surface area contributed by atoms with Gasteiger partial charge in [-0.2, -0.15) is 13.2 Å². The summed E-state index contributed by atoms with van der Waals surface area (Å²) in [7, 11) is 1.54. The zero-order valence-corrected chi connectivity index (χ0v) is 12.7. The molecular weight excluding hydrogens is 311 g/mol. The number of rotatable bonds is 4. The zero-order valence-electron chi connectivity index (χ0n) is 12.7. The van der Waals surface area contributed by atoms with Crippen molar-refractivity contribution in [2.24, 2.45) is 0 Å². The van der Waals surface area contributed by atoms with E-state index in [0.29, 0.717) is 24.3 Å². The molecule has 1 atom stereocenters. The minimum absolute atomic E-state index is 0.0348. The number of halogens is 3. The molecule has 0 spiro atoms. The summed E-state index contributed by atoms with van der Waals surface area (Å²) in [4.78, 5) is 29.7. The first-order valence-electron chi connectivity index (χ1n) is 7.32. The van der Waals surface area contributed by atoms with Crippen molar-refractivity contribution in [3.8, 4) is 0 Å². The van der Waals surface area contributed by atoms with E-state index in [1.165, 1.54) is 11.9 Å². The van der Waals surface area contributed by atoms with Gasteiger partial charge in [0.05, 0.1) is 0 Å². The van der Waals surface area contributed by atoms with Gasteiger partial charge in [0.25, 0.3) is 0 Å². The summed E-state index contributed by atoms with van der Waals surface area (Å²) in [6.07, 6.45) is -0.435. The Balaban J connectivity index is 1.96. The van der Waals surface area contributed by atoms with Crippen LogP contribution in [0.2, 0.25) is 0 Å². The lowest BCUT2D eigenvalue weighted by Gasteiger charge is -2.28. The van der Waals surface area contributed by atoms with Gasteiger partial charge in [-0.1, -0.05) is 0 Å². The third-order valence-corrected chi connectivity index (χ3v) is 3.90. The fraction of sp³-hybridized carbons (Fsp3) is 0.533. The number of nitrogens with zero attached hydrogens (tertiary/aromatic N) is 3. The molecule has 0 aromatic carbocycles. The molecule has 2 amide bonds. The Morgan fingerprint density at radius 1 is 1.35 bits per heavy atom. The maximum absolute atomic E-state index is 12.6. The third-order valence-electron chi connectivity index (χ3n) is 3.90. The van der Waals surface area contributed by atoms with Crippen molar-refractivity contribution in [2.75, 3.05) is 20.1 Å². The minimum Gasteiger partial charge on any atom is -0.344 e. The SMILES string of the molecule is CN(CCc1ccncc1)C(=O)C1CCCN1C(=O)C(F)(F)F. The van der Waals surface area contributed by atoms with E-state index in [1.54, 1.807) is 12.4 Å². The quantitative estimate of drug-likeness (QED) is 0.844. The van der Waals surface area contributed by atoms with Crippen LogP contribution in [-0.2, 0) is 16.0 Å². The lowest BCUT2D eigenvalue weighted by Crippen LogP contribution is -2.50. The molecule has 23 heavy (non-hydrogen) atoms. The summed E-state index contributed by atoms with van der Waals surface area (Å²) in [6.45, 7) is 0.334. The van der Waals surface area contributed by atoms with Crippen molar-refractivity contribution in [2.45, 2.75) is 31.5 Å². The van der Waals surface area contributed by atoms with Crippen molar-refractivity contribution >= 4 is 11.8 Å². The highest BCUT2D eigenvalue weighted by atomic mass is 19.4. The van der Waals surface area contributed by atoms with Crippen molar-refractivity contribution < 1.29 is 22.8 Å². The number of likely N-dealkylation sites (N-methyl/N-ethyl adjacent to an activating group) is 1. The van der Waals surface area contributed by atoms with E-state index in [1.807, 2.05) is 12.1 Å². The Kier molecular flexibility index (Phi) is 5.23. The molecule has 0 radical (unpaired) electrons. The molecule has 1 aromatic rings. The van der Waals surface area contributed by atoms with Crippen LogP contribution in [0.25, 0.3) is 0 Å². The second-order valence-corrected chi connectivity index (χ2v) is 5.52. The van der Waals surface area contributed by atoms with Gasteiger partial charge >= 0.3 is 12.1 Å². The summed E-state index contributed by atoms with van der Waals surface area (Å²) in [5.41, 5.74) is 0.981. The molecule has 1 saturated heterocycles. The number of alkyl halides is 3. The number of carbonyl (C=O) groups is 2. The Morgan fingerprint density at radius 3 is 2.61 bits per heavy atom. The number of hydrogen-bond donors (Lipinski definition) is 0. The van der Waals surface area contributed by atoms with Crippen LogP contribution in [-0.4, -0.2) is 59.0 Å². The molecule has 1 aromatic heterocycles. The second-order valence-electron chi connectivity index (χ2n) is 5.52. The van der Waals surface area contributed by atoms with E-state index >= 15 is 0 Å². The van der Waals surface area contributed by atoms with Crippen LogP contribution < -0.4 is 0 Å². The highest BCUT2D eigenvalue weighted by Gasteiger charge is 2.48. The molecule has 1 aliphatic heterocycles. The first-order valence-corrected chi connectivity index (χ1v) is 7.32. The summed E-state index contributed by atoms with van der Waals surface area (Å²) < 4.78 is 37.8. The summed E-state index contributed by atoms with van der Waals surface area (Å²) in [6, 6.07) is 2.60. The number of hydrogen-bond acceptors (Lipinski definition) is 3. The van der Waals surface area contributed by atoms with Gasteiger partial charge < -0.3 is 9.80 Å². The summed E-state index contributed by atoms with van der Waals surface area (Å²) in [5.74, 6) is -2.38. The molecule has 0 bridgehead atoms. The smallest absolute Gasteiger partial charge is 0.344 e. The van der Waals surface area contributed by atoms with E-state index in [9.17, 15) is 22.8 Å². The van der Waals surface area contributed by atoms with Crippen molar-refractivity contribution in [3.63, 3.8) is 0 Å². The predicted molar refractivity (Wildman–Crippen MR) is 76.4 cm³/mol. The van der Waals surface area contributed by atoms with Gasteiger partial charge in [0.1, 0.15) is 6.04 Å². The minimum atomic E-state index is -4.95. The van der Waals surface area contributed by atoms with Gasteiger partial charge in [0.2, 0.25) is 5.91 Å². The lowest BCUT2D eigenvalue weighted by molar-refractivity contribution is -0.187. The average Bonchev–Trinajstić information content (AvgIpc) is 3.00.